The summed E-state index contributed by atoms with van der Waals surface area (Å²) >= 11 is 0. The molecule has 0 spiro atoms. The minimum atomic E-state index is -4.54. The van der Waals surface area contributed by atoms with E-state index in [1.54, 1.807) is 55.5 Å². The number of ketones is 2. The van der Waals surface area contributed by atoms with Crippen molar-refractivity contribution in [2.75, 3.05) is 40.4 Å². The SMILES string of the molecule is CCCCCCCCCCCCCCCCC(C)CC(C(=O)NCCCNS(=O)(=O)c1cc(C(=O)c2ccc(C)cc2)c(O)cc1OC)C(C(=O)O)C(CCCCCCCCCCCCCCCC)CC1C(=O)N(CCCNS(=O)(=O)c2cc(C(=O)c3ccc(C)cc3)c(O)cc2OC)C(=O)C1CC(CCCCCCCCCCCCCCCC)CC1C(=O)OC(=O)C1C. The fraction of sp³-hybridized carbons (Fsp3) is 0.695. The van der Waals surface area contributed by atoms with Gasteiger partial charge in [-0.1, -0.05) is 377 Å². The average Bonchev–Trinajstić information content (AvgIpc) is 1.56. The first kappa shape index (κ1) is 110. The molecule has 22 nitrogen and oxygen atoms in total. The first-order valence-corrected chi connectivity index (χ1v) is 53.2. The molecule has 2 saturated heterocycles. The van der Waals surface area contributed by atoms with Gasteiger partial charge in [-0.3, -0.25) is 43.3 Å². The lowest BCUT2D eigenvalue weighted by Gasteiger charge is -2.34. The molecular formula is C105H164N4O18S2. The number of amides is 3. The van der Waals surface area contributed by atoms with E-state index in [1.807, 2.05) is 20.8 Å². The number of esters is 2. The summed E-state index contributed by atoms with van der Waals surface area (Å²) < 4.78 is 78.7. The second-order valence-electron chi connectivity index (χ2n) is 37.7. The van der Waals surface area contributed by atoms with Gasteiger partial charge in [0.2, 0.25) is 37.8 Å². The number of ether oxygens (including phenoxy) is 3. The molecule has 2 aliphatic heterocycles. The zero-order chi connectivity index (χ0) is 93.9. The quantitative estimate of drug-likeness (QED) is 0.00786. The van der Waals surface area contributed by atoms with Crippen LogP contribution in [0.4, 0.5) is 0 Å². The first-order chi connectivity index (χ1) is 62.1. The number of sulfonamides is 2. The first-order valence-electron chi connectivity index (χ1n) is 50.3. The molecule has 129 heavy (non-hydrogen) atoms. The lowest BCUT2D eigenvalue weighted by atomic mass is 9.69. The van der Waals surface area contributed by atoms with Gasteiger partial charge in [0.05, 0.1) is 60.9 Å². The summed E-state index contributed by atoms with van der Waals surface area (Å²) in [5, 5.41) is 37.3. The zero-order valence-corrected chi connectivity index (χ0v) is 81.9. The highest BCUT2D eigenvalue weighted by Crippen LogP contribution is 2.45. The van der Waals surface area contributed by atoms with Crippen LogP contribution in [0, 0.1) is 67.1 Å². The molecule has 2 heterocycles. The van der Waals surface area contributed by atoms with Crippen molar-refractivity contribution in [2.24, 2.45) is 53.3 Å². The Labute approximate surface area is 775 Å². The van der Waals surface area contributed by atoms with Gasteiger partial charge in [-0.2, -0.15) is 0 Å². The van der Waals surface area contributed by atoms with Crippen LogP contribution in [-0.4, -0.2) is 125 Å². The number of unbranched alkanes of at least 4 members (excludes halogenated alkanes) is 39. The Morgan fingerprint density at radius 2 is 0.791 bits per heavy atom. The zero-order valence-electron chi connectivity index (χ0n) is 80.2. The van der Waals surface area contributed by atoms with Crippen molar-refractivity contribution in [3.63, 3.8) is 0 Å². The Hall–Kier alpha value is -7.54. The molecule has 4 aromatic rings. The van der Waals surface area contributed by atoms with Crippen LogP contribution in [-0.2, 0) is 53.6 Å². The van der Waals surface area contributed by atoms with E-state index in [4.69, 9.17) is 14.2 Å². The van der Waals surface area contributed by atoms with Crippen LogP contribution in [0.1, 0.15) is 405 Å². The number of nitrogens with one attached hydrogen (secondary N) is 3. The molecule has 9 unspecified atom stereocenters. The van der Waals surface area contributed by atoms with Crippen LogP contribution >= 0.6 is 0 Å². The Kier molecular flexibility index (Phi) is 52.4. The van der Waals surface area contributed by atoms with Crippen LogP contribution in [0.25, 0.3) is 0 Å². The van der Waals surface area contributed by atoms with E-state index in [1.165, 1.54) is 168 Å². The predicted molar refractivity (Wildman–Crippen MR) is 513 cm³/mol. The monoisotopic (exact) mass is 1830 g/mol. The van der Waals surface area contributed by atoms with Crippen molar-refractivity contribution in [3.8, 4) is 23.0 Å². The fourth-order valence-corrected chi connectivity index (χ4v) is 21.6. The summed E-state index contributed by atoms with van der Waals surface area (Å²) in [6, 6.07) is 17.5. The van der Waals surface area contributed by atoms with Gasteiger partial charge in [0.15, 0.2) is 11.6 Å². The van der Waals surface area contributed by atoms with Gasteiger partial charge in [0.1, 0.15) is 32.8 Å². The molecule has 0 aliphatic carbocycles. The number of carboxylic acids is 1. The minimum absolute atomic E-state index is 0.0349. The normalized spacial score (nSPS) is 16.6. The number of carboxylic acid groups (broad SMARTS) is 1. The molecule has 4 aromatic carbocycles. The number of methoxy groups -OCH3 is 2. The third-order valence-electron chi connectivity index (χ3n) is 27.1. The number of aliphatic carboxylic acids is 1. The molecule has 0 aromatic heterocycles. The van der Waals surface area contributed by atoms with Crippen molar-refractivity contribution in [3.05, 3.63) is 106 Å². The summed E-state index contributed by atoms with van der Waals surface area (Å²) in [7, 11) is -6.53. The molecule has 2 aliphatic rings. The number of benzene rings is 4. The van der Waals surface area contributed by atoms with Crippen molar-refractivity contribution < 1.29 is 84.7 Å². The second kappa shape index (κ2) is 61.3. The lowest BCUT2D eigenvalue weighted by molar-refractivity contribution is -0.154. The number of rotatable bonds is 75. The number of aromatic hydroxyl groups is 2. The number of cyclic esters (lactones) is 2. The van der Waals surface area contributed by atoms with Crippen LogP contribution in [0.2, 0.25) is 0 Å². The number of hydrogen-bond acceptors (Lipinski definition) is 17. The smallest absolute Gasteiger partial charge is 0.317 e. The van der Waals surface area contributed by atoms with Gasteiger partial charge in [-0.15, -0.1) is 0 Å². The van der Waals surface area contributed by atoms with Crippen molar-refractivity contribution in [2.45, 2.75) is 386 Å². The van der Waals surface area contributed by atoms with Crippen LogP contribution in [0.15, 0.2) is 82.6 Å². The largest absolute Gasteiger partial charge is 0.507 e. The molecule has 6 N–H and O–H groups in total. The molecule has 724 valence electrons. The number of likely N-dealkylation sites (tertiary alicyclic amines) is 1. The van der Waals surface area contributed by atoms with Gasteiger partial charge in [-0.05, 0) is 88.7 Å². The number of carbonyl (C=O) groups is 8. The van der Waals surface area contributed by atoms with Crippen LogP contribution in [0.5, 0.6) is 23.0 Å². The average molecular weight is 1830 g/mol. The molecule has 0 bridgehead atoms. The maximum absolute atomic E-state index is 16.0. The minimum Gasteiger partial charge on any atom is -0.507 e. The van der Waals surface area contributed by atoms with Gasteiger partial charge in [0, 0.05) is 49.4 Å². The maximum atomic E-state index is 16.0. The standard InChI is InChI=1S/C105H164N4O18S2/c1-10-13-16-19-22-25-28-31-34-37-40-43-46-49-54-79(6)69-90(100(114)106-65-52-66-107-128(121,122)95-73-88(91(110)75-93(95)125-8)98(112)82-61-57-77(4)58-62-82)97(103(117)118)84(56-51-48-45-42-39-36-33-30-27-24-21-18-15-12-3)72-87-86(71-81(70-85-80(7)104(119)127-105(85)120)55-50-47-44-41-38-35-32-29-26-23-20-17-14-11-2)101(115)109(102(87)116)68-53-67-108-129(123,124)96-74-89(92(111)76-94(96)126-9)99(113)83-63-59-78(5)60-64-83/h57-64,73-76,79-81,84-87,90,97,107-108,110-111H,10-56,65-72H2,1-9H3,(H,106,114)(H,117,118). The maximum Gasteiger partial charge on any atom is 0.317 e. The highest BCUT2D eigenvalue weighted by atomic mass is 32.2. The Morgan fingerprint density at radius 1 is 0.442 bits per heavy atom. The Balaban J connectivity index is 1.35. The van der Waals surface area contributed by atoms with Gasteiger partial charge in [0.25, 0.3) is 0 Å². The summed E-state index contributed by atoms with van der Waals surface area (Å²) in [5.41, 5.74) is 1.67. The molecule has 6 rings (SSSR count). The number of imide groups is 1. The summed E-state index contributed by atoms with van der Waals surface area (Å²) in [4.78, 5) is 117. The van der Waals surface area contributed by atoms with Gasteiger partial charge in [-0.25, -0.2) is 26.3 Å². The second-order valence-corrected chi connectivity index (χ2v) is 41.2. The molecule has 2 fully saturated rings. The van der Waals surface area contributed by atoms with Crippen molar-refractivity contribution in [1.82, 2.24) is 19.7 Å². The Morgan fingerprint density at radius 3 is 1.16 bits per heavy atom. The highest BCUT2D eigenvalue weighted by Gasteiger charge is 2.52. The predicted octanol–water partition coefficient (Wildman–Crippen LogP) is 23.6. The molecule has 9 atom stereocenters. The summed E-state index contributed by atoms with van der Waals surface area (Å²) in [5.74, 6) is -14.7. The number of phenols is 2. The van der Waals surface area contributed by atoms with Crippen molar-refractivity contribution >= 4 is 67.2 Å². The van der Waals surface area contributed by atoms with E-state index in [-0.39, 0.29) is 117 Å². The lowest BCUT2D eigenvalue weighted by Crippen LogP contribution is -2.43. The third kappa shape index (κ3) is 38.5. The van der Waals surface area contributed by atoms with Crippen LogP contribution in [0.3, 0.4) is 0 Å². The van der Waals surface area contributed by atoms with Crippen LogP contribution < -0.4 is 24.2 Å². The van der Waals surface area contributed by atoms with E-state index in [0.29, 0.717) is 19.3 Å². The number of nitrogens with zero attached hydrogens (tertiary/aromatic N) is 1. The van der Waals surface area contributed by atoms with E-state index < -0.39 is 130 Å². The molecule has 3 amide bonds. The molecular weight excluding hydrogens is 1670 g/mol. The van der Waals surface area contributed by atoms with Gasteiger partial charge < -0.3 is 34.8 Å². The third-order valence-corrected chi connectivity index (χ3v) is 30.0. The summed E-state index contributed by atoms with van der Waals surface area (Å²) in [6.45, 7) is 13.2. The van der Waals surface area contributed by atoms with E-state index >= 15 is 14.4 Å². The molecule has 0 radical (unpaired) electrons. The van der Waals surface area contributed by atoms with E-state index in [9.17, 15) is 56.1 Å². The Bertz CT molecular complexity index is 4250. The highest BCUT2D eigenvalue weighted by molar-refractivity contribution is 7.90. The topological polar surface area (TPSA) is 333 Å². The number of phenolic OH excluding ortho intramolecular Hbond substituents is 2. The van der Waals surface area contributed by atoms with E-state index in [2.05, 4.69) is 35.5 Å². The van der Waals surface area contributed by atoms with E-state index in [0.717, 1.165) is 149 Å². The summed E-state index contributed by atoms with van der Waals surface area (Å²) in [6.07, 6.45) is 49.3. The number of hydrogen-bond donors (Lipinski definition) is 6. The molecule has 0 saturated carbocycles. The molecule has 24 heteroatoms. The van der Waals surface area contributed by atoms with Crippen molar-refractivity contribution in [1.29, 1.82) is 0 Å². The number of aryl methyl sites for hydroxylation is 2. The van der Waals surface area contributed by atoms with Gasteiger partial charge >= 0.3 is 17.9 Å². The number of carbonyl (C=O) groups excluding carboxylic acids is 7. The fourth-order valence-electron chi connectivity index (χ4n) is 19.1.